The van der Waals surface area contributed by atoms with Gasteiger partial charge in [-0.05, 0) is 5.56 Å². The molecule has 2 rings (SSSR count). The van der Waals surface area contributed by atoms with Crippen molar-refractivity contribution in [3.63, 3.8) is 0 Å². The summed E-state index contributed by atoms with van der Waals surface area (Å²) >= 11 is 0. The molecule has 3 unspecified atom stereocenters. The molecule has 18 heavy (non-hydrogen) atoms. The molecule has 0 spiro atoms. The minimum absolute atomic E-state index is 0.104. The third-order valence-corrected chi connectivity index (χ3v) is 5.74. The van der Waals surface area contributed by atoms with Gasteiger partial charge in [0.1, 0.15) is 5.54 Å². The zero-order chi connectivity index (χ0) is 13.6. The van der Waals surface area contributed by atoms with Crippen LogP contribution in [0.25, 0.3) is 0 Å². The van der Waals surface area contributed by atoms with Gasteiger partial charge in [0.05, 0.1) is 5.25 Å². The number of carboxylic acids is 1. The Morgan fingerprint density at radius 2 is 1.94 bits per heavy atom. The first-order chi connectivity index (χ1) is 8.35. The van der Waals surface area contributed by atoms with Crippen LogP contribution in [-0.4, -0.2) is 36.0 Å². The highest BCUT2D eigenvalue weighted by atomic mass is 32.2. The number of sulfone groups is 1. The van der Waals surface area contributed by atoms with Crippen LogP contribution in [0.3, 0.4) is 0 Å². The van der Waals surface area contributed by atoms with Gasteiger partial charge in [-0.2, -0.15) is 0 Å². The van der Waals surface area contributed by atoms with E-state index in [1.807, 2.05) is 0 Å². The summed E-state index contributed by atoms with van der Waals surface area (Å²) in [5.41, 5.74) is 4.75. The van der Waals surface area contributed by atoms with E-state index in [0.717, 1.165) is 0 Å². The maximum atomic E-state index is 11.9. The Labute approximate surface area is 106 Å². The van der Waals surface area contributed by atoms with Crippen LogP contribution in [0.15, 0.2) is 30.3 Å². The average Bonchev–Trinajstić information content (AvgIpc) is 3.00. The average molecular weight is 269 g/mol. The van der Waals surface area contributed by atoms with Crippen molar-refractivity contribution in [3.8, 4) is 0 Å². The molecule has 0 radical (unpaired) electrons. The van der Waals surface area contributed by atoms with Gasteiger partial charge in [0, 0.05) is 11.7 Å². The molecule has 0 amide bonds. The molecular formula is C12H15NO4S. The molecule has 3 atom stereocenters. The highest BCUT2D eigenvalue weighted by Crippen LogP contribution is 2.54. The van der Waals surface area contributed by atoms with Gasteiger partial charge in [0.25, 0.3) is 0 Å². The quantitative estimate of drug-likeness (QED) is 0.823. The molecular weight excluding hydrogens is 254 g/mol. The molecule has 3 N–H and O–H groups in total. The second kappa shape index (κ2) is 4.07. The number of rotatable bonds is 4. The van der Waals surface area contributed by atoms with Crippen LogP contribution in [0.2, 0.25) is 0 Å². The lowest BCUT2D eigenvalue weighted by atomic mass is 10.1. The van der Waals surface area contributed by atoms with Gasteiger partial charge in [0.2, 0.25) is 0 Å². The van der Waals surface area contributed by atoms with Crippen LogP contribution < -0.4 is 5.73 Å². The van der Waals surface area contributed by atoms with Gasteiger partial charge in [0.15, 0.2) is 9.84 Å². The predicted octanol–water partition coefficient (Wildman–Crippen LogP) is 0.369. The standard InChI is InChI=1S/C12H15NO4S/c1-2-18(16,17)10-9(12(10,13)11(14)15)8-6-4-3-5-7-8/h3-7,9-10H,2,13H2,1H3,(H,14,15). The van der Waals surface area contributed by atoms with Crippen molar-refractivity contribution in [3.05, 3.63) is 35.9 Å². The fraction of sp³-hybridized carbons (Fsp3) is 0.417. The topological polar surface area (TPSA) is 97.5 Å². The summed E-state index contributed by atoms with van der Waals surface area (Å²) in [6, 6.07) is 8.69. The monoisotopic (exact) mass is 269 g/mol. The van der Waals surface area contributed by atoms with E-state index in [1.54, 1.807) is 30.3 Å². The SMILES string of the molecule is CCS(=O)(=O)C1C(c2ccccc2)C1(N)C(=O)O. The maximum Gasteiger partial charge on any atom is 0.325 e. The largest absolute Gasteiger partial charge is 0.480 e. The summed E-state index contributed by atoms with van der Waals surface area (Å²) in [6.07, 6.45) is 0. The second-order valence-corrected chi connectivity index (χ2v) is 6.91. The van der Waals surface area contributed by atoms with Gasteiger partial charge < -0.3 is 10.8 Å². The molecule has 0 bridgehead atoms. The Bertz CT molecular complexity index is 569. The lowest BCUT2D eigenvalue weighted by Crippen LogP contribution is -2.40. The van der Waals surface area contributed by atoms with Crippen LogP contribution in [0.4, 0.5) is 0 Å². The first-order valence-electron chi connectivity index (χ1n) is 5.64. The first-order valence-corrected chi connectivity index (χ1v) is 7.36. The summed E-state index contributed by atoms with van der Waals surface area (Å²) in [5, 5.41) is 8.15. The highest BCUT2D eigenvalue weighted by molar-refractivity contribution is 7.92. The second-order valence-electron chi connectivity index (χ2n) is 4.50. The smallest absolute Gasteiger partial charge is 0.325 e. The molecule has 1 aliphatic carbocycles. The van der Waals surface area contributed by atoms with Crippen molar-refractivity contribution in [2.75, 3.05) is 5.75 Å². The van der Waals surface area contributed by atoms with Crippen molar-refractivity contribution >= 4 is 15.8 Å². The number of nitrogens with two attached hydrogens (primary N) is 1. The maximum absolute atomic E-state index is 11.9. The van der Waals surface area contributed by atoms with Gasteiger partial charge >= 0.3 is 5.97 Å². The van der Waals surface area contributed by atoms with E-state index in [-0.39, 0.29) is 5.75 Å². The van der Waals surface area contributed by atoms with E-state index < -0.39 is 32.5 Å². The lowest BCUT2D eigenvalue weighted by Gasteiger charge is -2.04. The molecule has 0 aliphatic heterocycles. The lowest BCUT2D eigenvalue weighted by molar-refractivity contribution is -0.139. The summed E-state index contributed by atoms with van der Waals surface area (Å²) in [4.78, 5) is 11.3. The zero-order valence-corrected chi connectivity index (χ0v) is 10.7. The summed E-state index contributed by atoms with van der Waals surface area (Å²) in [5.74, 6) is -2.03. The van der Waals surface area contributed by atoms with Gasteiger partial charge in [-0.3, -0.25) is 4.79 Å². The number of carboxylic acid groups (broad SMARTS) is 1. The Hall–Kier alpha value is -1.40. The van der Waals surface area contributed by atoms with Crippen LogP contribution >= 0.6 is 0 Å². The Morgan fingerprint density at radius 3 is 2.39 bits per heavy atom. The van der Waals surface area contributed by atoms with Gasteiger partial charge in [-0.25, -0.2) is 8.42 Å². The number of hydrogen-bond donors (Lipinski definition) is 2. The molecule has 1 aliphatic rings. The molecule has 1 saturated carbocycles. The van der Waals surface area contributed by atoms with Crippen LogP contribution in [0.1, 0.15) is 18.4 Å². The molecule has 1 aromatic rings. The zero-order valence-electron chi connectivity index (χ0n) is 9.91. The Kier molecular flexibility index (Phi) is 2.95. The van der Waals surface area contributed by atoms with E-state index in [1.165, 1.54) is 6.92 Å². The fourth-order valence-corrected chi connectivity index (χ4v) is 4.34. The first kappa shape index (κ1) is 13.0. The number of aliphatic carboxylic acids is 1. The van der Waals surface area contributed by atoms with Crippen LogP contribution in [-0.2, 0) is 14.6 Å². The van der Waals surface area contributed by atoms with Crippen molar-refractivity contribution in [2.45, 2.75) is 23.6 Å². The minimum Gasteiger partial charge on any atom is -0.480 e. The Balaban J connectivity index is 2.46. The van der Waals surface area contributed by atoms with E-state index in [4.69, 9.17) is 5.73 Å². The van der Waals surface area contributed by atoms with Crippen LogP contribution in [0, 0.1) is 0 Å². The fourth-order valence-electron chi connectivity index (χ4n) is 2.42. The molecule has 1 aromatic carbocycles. The van der Waals surface area contributed by atoms with Crippen molar-refractivity contribution in [1.29, 1.82) is 0 Å². The molecule has 6 heteroatoms. The third kappa shape index (κ3) is 1.72. The van der Waals surface area contributed by atoms with E-state index in [9.17, 15) is 18.3 Å². The van der Waals surface area contributed by atoms with Crippen molar-refractivity contribution < 1.29 is 18.3 Å². The molecule has 5 nitrogen and oxygen atoms in total. The molecule has 0 saturated heterocycles. The molecule has 0 heterocycles. The third-order valence-electron chi connectivity index (χ3n) is 3.50. The van der Waals surface area contributed by atoms with E-state index in [2.05, 4.69) is 0 Å². The summed E-state index contributed by atoms with van der Waals surface area (Å²) in [6.45, 7) is 1.50. The molecule has 98 valence electrons. The highest BCUT2D eigenvalue weighted by Gasteiger charge is 2.73. The predicted molar refractivity (Wildman–Crippen MR) is 67.0 cm³/mol. The van der Waals surface area contributed by atoms with E-state index >= 15 is 0 Å². The number of benzene rings is 1. The number of hydrogen-bond acceptors (Lipinski definition) is 4. The molecule has 1 fully saturated rings. The van der Waals surface area contributed by atoms with Gasteiger partial charge in [-0.1, -0.05) is 37.3 Å². The van der Waals surface area contributed by atoms with Crippen molar-refractivity contribution in [2.24, 2.45) is 5.73 Å². The summed E-state index contributed by atoms with van der Waals surface area (Å²) in [7, 11) is -3.48. The van der Waals surface area contributed by atoms with Gasteiger partial charge in [-0.15, -0.1) is 0 Å². The molecule has 0 aromatic heterocycles. The normalized spacial score (nSPS) is 31.0. The van der Waals surface area contributed by atoms with Crippen molar-refractivity contribution in [1.82, 2.24) is 0 Å². The van der Waals surface area contributed by atoms with Crippen LogP contribution in [0.5, 0.6) is 0 Å². The Morgan fingerprint density at radius 1 is 1.39 bits per heavy atom. The van der Waals surface area contributed by atoms with E-state index in [0.29, 0.717) is 5.56 Å². The minimum atomic E-state index is -3.48. The summed E-state index contributed by atoms with van der Waals surface area (Å²) < 4.78 is 23.8. The number of carbonyl (C=O) groups is 1.